The number of piperidine rings is 1. The zero-order chi connectivity index (χ0) is 21.5. The summed E-state index contributed by atoms with van der Waals surface area (Å²) in [5.74, 6) is 1.64. The van der Waals surface area contributed by atoms with E-state index in [0.29, 0.717) is 5.75 Å². The number of likely N-dealkylation sites (tertiary alicyclic amines) is 1. The minimum Gasteiger partial charge on any atom is -0.822 e. The molecule has 2 N–H and O–H groups in total. The molecular weight excluding hydrogens is 409 g/mol. The Kier molecular flexibility index (Phi) is 4.47. The molecule has 2 aliphatic heterocycles. The number of aliphatic hydroxyl groups is 1. The summed E-state index contributed by atoms with van der Waals surface area (Å²) >= 11 is 0. The molecule has 3 aliphatic carbocycles. The molecular formula is C21H25NO7P-3. The molecule has 5 aliphatic rings. The largest absolute Gasteiger partial charge is 0.822 e. The average Bonchev–Trinajstić information content (AvgIpc) is 3.38. The van der Waals surface area contributed by atoms with Crippen LogP contribution in [0.1, 0.15) is 43.2 Å². The molecule has 0 aromatic heterocycles. The van der Waals surface area contributed by atoms with E-state index in [2.05, 4.69) is 11.5 Å². The lowest BCUT2D eigenvalue weighted by molar-refractivity contribution is -0.432. The molecule has 1 aromatic rings. The Morgan fingerprint density at radius 1 is 1.27 bits per heavy atom. The van der Waals surface area contributed by atoms with Gasteiger partial charge in [-0.1, -0.05) is 12.6 Å². The normalized spacial score (nSPS) is 36.5. The van der Waals surface area contributed by atoms with Crippen molar-refractivity contribution >= 4 is 7.82 Å². The van der Waals surface area contributed by atoms with E-state index < -0.39 is 18.8 Å². The fourth-order valence-corrected chi connectivity index (χ4v) is 6.39. The second-order valence-electron chi connectivity index (χ2n) is 9.36. The summed E-state index contributed by atoms with van der Waals surface area (Å²) in [6, 6.07) is 3.96. The van der Waals surface area contributed by atoms with Crippen molar-refractivity contribution in [1.29, 1.82) is 0 Å². The predicted molar refractivity (Wildman–Crippen MR) is 102 cm³/mol. The molecule has 8 nitrogen and oxygen atoms in total. The molecule has 30 heavy (non-hydrogen) atoms. The number of phenolic OH excluding ortho intramolecular Hbond substituents is 1. The van der Waals surface area contributed by atoms with Gasteiger partial charge in [-0.25, -0.2) is 0 Å². The molecule has 9 heteroatoms. The Morgan fingerprint density at radius 3 is 2.63 bits per heavy atom. The number of rotatable bonds is 2. The molecule has 0 amide bonds. The Hall–Kier alpha value is -1.41. The fraction of sp³-hybridized carbons (Fsp3) is 0.619. The highest BCUT2D eigenvalue weighted by molar-refractivity contribution is 7.40. The second kappa shape index (κ2) is 6.55. The van der Waals surface area contributed by atoms with Gasteiger partial charge >= 0.3 is 0 Å². The van der Waals surface area contributed by atoms with Crippen molar-refractivity contribution in [2.45, 2.75) is 61.7 Å². The van der Waals surface area contributed by atoms with Crippen LogP contribution in [0.25, 0.3) is 0 Å². The van der Waals surface area contributed by atoms with E-state index in [9.17, 15) is 10.2 Å². The Morgan fingerprint density at radius 2 is 1.97 bits per heavy atom. The third kappa shape index (κ3) is 2.89. The van der Waals surface area contributed by atoms with Crippen LogP contribution < -0.4 is 19.4 Å². The number of hydrogen-bond acceptors (Lipinski definition) is 8. The van der Waals surface area contributed by atoms with E-state index in [1.54, 1.807) is 6.07 Å². The van der Waals surface area contributed by atoms with Crippen molar-refractivity contribution in [2.24, 2.45) is 5.92 Å². The van der Waals surface area contributed by atoms with Crippen LogP contribution >= 0.6 is 7.82 Å². The predicted octanol–water partition coefficient (Wildman–Crippen LogP) is -0.312. The van der Waals surface area contributed by atoms with Crippen molar-refractivity contribution in [3.63, 3.8) is 0 Å². The quantitative estimate of drug-likeness (QED) is 0.477. The van der Waals surface area contributed by atoms with Gasteiger partial charge in [-0.05, 0) is 68.2 Å². The summed E-state index contributed by atoms with van der Waals surface area (Å²) in [4.78, 5) is 28.2. The number of ether oxygens (including phenoxy) is 1. The Balaban J connectivity index is 0.000000349. The smallest absolute Gasteiger partial charge is 0.166 e. The first-order valence-electron chi connectivity index (χ1n) is 10.4. The van der Waals surface area contributed by atoms with Gasteiger partial charge in [0, 0.05) is 18.2 Å². The van der Waals surface area contributed by atoms with E-state index in [1.165, 1.54) is 18.4 Å². The summed E-state index contributed by atoms with van der Waals surface area (Å²) in [5.41, 5.74) is 2.21. The van der Waals surface area contributed by atoms with Crippen LogP contribution in [0.4, 0.5) is 0 Å². The van der Waals surface area contributed by atoms with Crippen molar-refractivity contribution < 1.29 is 34.2 Å². The van der Waals surface area contributed by atoms with E-state index in [-0.39, 0.29) is 17.9 Å². The lowest BCUT2D eigenvalue weighted by Gasteiger charge is -2.63. The van der Waals surface area contributed by atoms with Gasteiger partial charge in [0.05, 0.1) is 11.0 Å². The summed E-state index contributed by atoms with van der Waals surface area (Å²) in [6.45, 7) is 6.40. The number of aromatic hydroxyl groups is 1. The Labute approximate surface area is 175 Å². The van der Waals surface area contributed by atoms with Crippen LogP contribution in [0.15, 0.2) is 24.3 Å². The van der Waals surface area contributed by atoms with Gasteiger partial charge in [-0.15, -0.1) is 0 Å². The highest BCUT2D eigenvalue weighted by atomic mass is 31.2. The van der Waals surface area contributed by atoms with Crippen LogP contribution in [0.5, 0.6) is 11.5 Å². The highest BCUT2D eigenvalue weighted by Gasteiger charge is 2.71. The topological polar surface area (TPSA) is 139 Å². The van der Waals surface area contributed by atoms with Crippen molar-refractivity contribution in [3.05, 3.63) is 35.4 Å². The number of phosphoric acid groups is 1. The SMILES string of the molecule is C=C1CC[C@@]2(O)[C@H]3Cc4ccc(O)c5c4[C@@]2(CCN3CC2CC2)[C@H]1O5.O=P([O-])([O-])[O-]. The van der Waals surface area contributed by atoms with Gasteiger partial charge in [-0.3, -0.25) is 4.90 Å². The van der Waals surface area contributed by atoms with Gasteiger partial charge in [-0.2, -0.15) is 7.82 Å². The van der Waals surface area contributed by atoms with Crippen LogP contribution in [0.3, 0.4) is 0 Å². The molecule has 2 heterocycles. The third-order valence-corrected chi connectivity index (χ3v) is 7.71. The lowest BCUT2D eigenvalue weighted by atomic mass is 9.48. The number of hydrogen-bond donors (Lipinski definition) is 2. The molecule has 1 spiro atoms. The fourth-order valence-electron chi connectivity index (χ4n) is 6.39. The minimum absolute atomic E-state index is 0.157. The standard InChI is InChI=1S/C21H25NO3.H3O4P/c1-12-6-7-21(24)16-10-14-4-5-15(23)18-17(14)20(21,19(12)25-18)8-9-22(16)11-13-2-3-13;1-5(2,3)4/h4-5,13,16,19,23-24H,1-3,6-11H2;(H3,1,2,3,4)/p-3/t16-,19+,20+,21-;/m1./s1. The van der Waals surface area contributed by atoms with Crippen molar-refractivity contribution in [1.82, 2.24) is 4.90 Å². The van der Waals surface area contributed by atoms with Crippen LogP contribution in [-0.4, -0.2) is 45.9 Å². The van der Waals surface area contributed by atoms with Crippen molar-refractivity contribution in [3.8, 4) is 11.5 Å². The molecule has 1 aromatic carbocycles. The van der Waals surface area contributed by atoms with Gasteiger partial charge in [0.25, 0.3) is 0 Å². The molecule has 0 unspecified atom stereocenters. The van der Waals surface area contributed by atoms with E-state index in [4.69, 9.17) is 24.0 Å². The Bertz CT molecular complexity index is 949. The first-order chi connectivity index (χ1) is 14.0. The lowest BCUT2D eigenvalue weighted by Crippen LogP contribution is -2.75. The number of phenols is 1. The zero-order valence-corrected chi connectivity index (χ0v) is 17.5. The second-order valence-corrected chi connectivity index (χ2v) is 10.2. The summed E-state index contributed by atoms with van der Waals surface area (Å²) in [6.07, 6.45) is 5.79. The van der Waals surface area contributed by atoms with Crippen LogP contribution in [-0.2, 0) is 16.4 Å². The summed E-state index contributed by atoms with van der Waals surface area (Å²) < 4.78 is 14.8. The maximum Gasteiger partial charge on any atom is 0.166 e. The molecule has 1 saturated heterocycles. The minimum atomic E-state index is -5.39. The molecule has 2 saturated carbocycles. The van der Waals surface area contributed by atoms with Gasteiger partial charge in [0.1, 0.15) is 6.10 Å². The molecule has 3 fully saturated rings. The molecule has 2 bridgehead atoms. The summed E-state index contributed by atoms with van der Waals surface area (Å²) in [7, 11) is -5.39. The van der Waals surface area contributed by atoms with Crippen molar-refractivity contribution in [2.75, 3.05) is 13.1 Å². The highest BCUT2D eigenvalue weighted by Crippen LogP contribution is 2.66. The van der Waals surface area contributed by atoms with Gasteiger partial charge in [0.15, 0.2) is 11.5 Å². The maximum atomic E-state index is 12.1. The summed E-state index contributed by atoms with van der Waals surface area (Å²) in [5, 5.41) is 22.5. The molecule has 4 atom stereocenters. The molecule has 0 radical (unpaired) electrons. The van der Waals surface area contributed by atoms with Gasteiger partial charge in [0.2, 0.25) is 0 Å². The monoisotopic (exact) mass is 434 g/mol. The van der Waals surface area contributed by atoms with E-state index in [0.717, 1.165) is 55.8 Å². The maximum absolute atomic E-state index is 12.1. The van der Waals surface area contributed by atoms with Crippen LogP contribution in [0.2, 0.25) is 0 Å². The number of nitrogens with zero attached hydrogens (tertiary/aromatic N) is 1. The third-order valence-electron chi connectivity index (χ3n) is 7.71. The van der Waals surface area contributed by atoms with E-state index >= 15 is 0 Å². The number of benzene rings is 1. The molecule has 164 valence electrons. The average molecular weight is 434 g/mol. The van der Waals surface area contributed by atoms with Crippen LogP contribution in [0, 0.1) is 5.92 Å². The molecule has 6 rings (SSSR count). The zero-order valence-electron chi connectivity index (χ0n) is 16.6. The first-order valence-corrected chi connectivity index (χ1v) is 11.9. The van der Waals surface area contributed by atoms with Gasteiger partial charge < -0.3 is 34.2 Å². The van der Waals surface area contributed by atoms with E-state index in [1.807, 2.05) is 6.07 Å². The first kappa shape index (κ1) is 20.5.